The van der Waals surface area contributed by atoms with E-state index < -0.39 is 0 Å². The normalized spacial score (nSPS) is 16.1. The number of ketones is 1. The number of halogens is 2. The summed E-state index contributed by atoms with van der Waals surface area (Å²) in [5.74, 6) is 0.136. The van der Waals surface area contributed by atoms with Gasteiger partial charge in [0.25, 0.3) is 0 Å². The number of carbonyl (C=O) groups is 1. The molecule has 2 nitrogen and oxygen atoms in total. The van der Waals surface area contributed by atoms with Gasteiger partial charge in [0.2, 0.25) is 0 Å². The highest BCUT2D eigenvalue weighted by Crippen LogP contribution is 2.24. The molecular weight excluding hydrogens is 269 g/mol. The number of benzene rings is 1. The van der Waals surface area contributed by atoms with Gasteiger partial charge in [-0.3, -0.25) is 4.79 Å². The van der Waals surface area contributed by atoms with Crippen LogP contribution in [0.1, 0.15) is 31.2 Å². The molecule has 18 heavy (non-hydrogen) atoms. The summed E-state index contributed by atoms with van der Waals surface area (Å²) in [7, 11) is 0. The van der Waals surface area contributed by atoms with E-state index in [4.69, 9.17) is 23.2 Å². The number of hydrogen-bond acceptors (Lipinski definition) is 2. The van der Waals surface area contributed by atoms with Crippen molar-refractivity contribution >= 4 is 29.0 Å². The van der Waals surface area contributed by atoms with Crippen molar-refractivity contribution in [2.75, 3.05) is 6.54 Å². The average Bonchev–Trinajstić information content (AvgIpc) is 2.84. The van der Waals surface area contributed by atoms with Gasteiger partial charge in [0, 0.05) is 22.5 Å². The Morgan fingerprint density at radius 2 is 1.83 bits per heavy atom. The van der Waals surface area contributed by atoms with Crippen molar-refractivity contribution in [1.82, 2.24) is 5.32 Å². The second kappa shape index (κ2) is 6.55. The maximum Gasteiger partial charge on any atom is 0.151 e. The number of carbonyl (C=O) groups excluding carboxylic acids is 1. The third kappa shape index (κ3) is 3.71. The molecule has 1 fully saturated rings. The Hall–Kier alpha value is -0.570. The number of hydrogen-bond donors (Lipinski definition) is 1. The van der Waals surface area contributed by atoms with Crippen LogP contribution in [0.4, 0.5) is 0 Å². The molecule has 98 valence electrons. The largest absolute Gasteiger partial charge is 0.307 e. The molecule has 0 heterocycles. The van der Waals surface area contributed by atoms with Gasteiger partial charge in [-0.15, -0.1) is 0 Å². The van der Waals surface area contributed by atoms with Crippen LogP contribution in [-0.4, -0.2) is 18.4 Å². The zero-order valence-electron chi connectivity index (χ0n) is 10.2. The zero-order valence-corrected chi connectivity index (χ0v) is 11.7. The third-order valence-corrected chi connectivity index (χ3v) is 4.09. The molecule has 0 radical (unpaired) electrons. The molecular formula is C14H17Cl2NO. The van der Waals surface area contributed by atoms with Crippen molar-refractivity contribution in [2.24, 2.45) is 0 Å². The summed E-state index contributed by atoms with van der Waals surface area (Å²) in [5, 5.41) is 4.44. The van der Waals surface area contributed by atoms with Crippen LogP contribution in [0.5, 0.6) is 0 Å². The standard InChI is InChI=1S/C14H17Cl2NO/c15-13-6-3-7-14(16)12(13)8-11(18)9-17-10-4-1-2-5-10/h3,6-7,10,17H,1-2,4-5,8-9H2. The molecule has 1 aromatic carbocycles. The molecule has 1 saturated carbocycles. The molecule has 4 heteroatoms. The van der Waals surface area contributed by atoms with E-state index in [0.29, 0.717) is 29.1 Å². The summed E-state index contributed by atoms with van der Waals surface area (Å²) >= 11 is 12.1. The van der Waals surface area contributed by atoms with Crippen LogP contribution < -0.4 is 5.32 Å². The molecule has 1 N–H and O–H groups in total. The zero-order chi connectivity index (χ0) is 13.0. The van der Waals surface area contributed by atoms with Gasteiger partial charge in [0.15, 0.2) is 5.78 Å². The first-order chi connectivity index (χ1) is 8.66. The van der Waals surface area contributed by atoms with E-state index >= 15 is 0 Å². The van der Waals surface area contributed by atoms with Gasteiger partial charge < -0.3 is 5.32 Å². The minimum absolute atomic E-state index is 0.136. The maximum atomic E-state index is 11.9. The Morgan fingerprint density at radius 1 is 1.22 bits per heavy atom. The van der Waals surface area contributed by atoms with Crippen molar-refractivity contribution in [1.29, 1.82) is 0 Å². The monoisotopic (exact) mass is 285 g/mol. The molecule has 1 aliphatic carbocycles. The first-order valence-corrected chi connectivity index (χ1v) is 7.10. The fourth-order valence-corrected chi connectivity index (χ4v) is 2.88. The Bertz CT molecular complexity index is 408. The highest BCUT2D eigenvalue weighted by atomic mass is 35.5. The first-order valence-electron chi connectivity index (χ1n) is 6.35. The summed E-state index contributed by atoms with van der Waals surface area (Å²) in [6.07, 6.45) is 5.20. The predicted molar refractivity (Wildman–Crippen MR) is 75.4 cm³/mol. The van der Waals surface area contributed by atoms with Gasteiger partial charge >= 0.3 is 0 Å². The fourth-order valence-electron chi connectivity index (χ4n) is 2.35. The van der Waals surface area contributed by atoms with E-state index in [0.717, 1.165) is 5.56 Å². The van der Waals surface area contributed by atoms with E-state index in [1.165, 1.54) is 25.7 Å². The average molecular weight is 286 g/mol. The van der Waals surface area contributed by atoms with E-state index in [9.17, 15) is 4.79 Å². The Balaban J connectivity index is 1.86. The second-order valence-corrected chi connectivity index (χ2v) is 5.59. The van der Waals surface area contributed by atoms with Crippen LogP contribution in [0.25, 0.3) is 0 Å². The van der Waals surface area contributed by atoms with Crippen LogP contribution in [0.2, 0.25) is 10.0 Å². The van der Waals surface area contributed by atoms with Crippen molar-refractivity contribution < 1.29 is 4.79 Å². The minimum atomic E-state index is 0.136. The number of Topliss-reactive ketones (excluding diaryl/α,β-unsaturated/α-hetero) is 1. The maximum absolute atomic E-state index is 11.9. The summed E-state index contributed by atoms with van der Waals surface area (Å²) in [5.41, 5.74) is 0.735. The third-order valence-electron chi connectivity index (χ3n) is 3.38. The Labute approximate surface area is 118 Å². The van der Waals surface area contributed by atoms with Gasteiger partial charge in [0.1, 0.15) is 0 Å². The first kappa shape index (κ1) is 13.9. The van der Waals surface area contributed by atoms with Gasteiger partial charge in [-0.25, -0.2) is 0 Å². The predicted octanol–water partition coefficient (Wildman–Crippen LogP) is 3.64. The minimum Gasteiger partial charge on any atom is -0.307 e. The van der Waals surface area contributed by atoms with E-state index in [2.05, 4.69) is 5.32 Å². The molecule has 0 aromatic heterocycles. The van der Waals surface area contributed by atoms with Gasteiger partial charge in [-0.2, -0.15) is 0 Å². The van der Waals surface area contributed by atoms with Crippen LogP contribution >= 0.6 is 23.2 Å². The summed E-state index contributed by atoms with van der Waals surface area (Å²) in [4.78, 5) is 11.9. The van der Waals surface area contributed by atoms with Gasteiger partial charge in [-0.1, -0.05) is 42.1 Å². The number of nitrogens with one attached hydrogen (secondary N) is 1. The fraction of sp³-hybridized carbons (Fsp3) is 0.500. The molecule has 2 rings (SSSR count). The molecule has 0 unspecified atom stereocenters. The lowest BCUT2D eigenvalue weighted by Gasteiger charge is -2.11. The van der Waals surface area contributed by atoms with Gasteiger partial charge in [0.05, 0.1) is 6.54 Å². The van der Waals surface area contributed by atoms with Crippen LogP contribution in [-0.2, 0) is 11.2 Å². The number of rotatable bonds is 5. The summed E-state index contributed by atoms with van der Waals surface area (Å²) < 4.78 is 0. The van der Waals surface area contributed by atoms with Crippen LogP contribution in [0.3, 0.4) is 0 Å². The lowest BCUT2D eigenvalue weighted by atomic mass is 10.1. The lowest BCUT2D eigenvalue weighted by molar-refractivity contribution is -0.117. The van der Waals surface area contributed by atoms with Crippen molar-refractivity contribution in [3.63, 3.8) is 0 Å². The SMILES string of the molecule is O=C(CNC1CCCC1)Cc1c(Cl)cccc1Cl. The van der Waals surface area contributed by atoms with Gasteiger partial charge in [-0.05, 0) is 30.5 Å². The van der Waals surface area contributed by atoms with Crippen LogP contribution in [0, 0.1) is 0 Å². The molecule has 1 aliphatic rings. The molecule has 0 aliphatic heterocycles. The summed E-state index contributed by atoms with van der Waals surface area (Å²) in [6, 6.07) is 5.83. The van der Waals surface area contributed by atoms with E-state index in [1.54, 1.807) is 18.2 Å². The van der Waals surface area contributed by atoms with Crippen molar-refractivity contribution in [2.45, 2.75) is 38.1 Å². The van der Waals surface area contributed by atoms with E-state index in [-0.39, 0.29) is 5.78 Å². The summed E-state index contributed by atoms with van der Waals surface area (Å²) in [6.45, 7) is 0.409. The molecule has 0 atom stereocenters. The molecule has 0 spiro atoms. The molecule has 0 bridgehead atoms. The van der Waals surface area contributed by atoms with Crippen LogP contribution in [0.15, 0.2) is 18.2 Å². The molecule has 0 saturated heterocycles. The molecule has 1 aromatic rings. The van der Waals surface area contributed by atoms with Crippen molar-refractivity contribution in [3.05, 3.63) is 33.8 Å². The molecule has 0 amide bonds. The van der Waals surface area contributed by atoms with Crippen molar-refractivity contribution in [3.8, 4) is 0 Å². The Kier molecular flexibility index (Phi) is 5.04. The topological polar surface area (TPSA) is 29.1 Å². The smallest absolute Gasteiger partial charge is 0.151 e. The lowest BCUT2D eigenvalue weighted by Crippen LogP contribution is -2.32. The second-order valence-electron chi connectivity index (χ2n) is 4.78. The highest BCUT2D eigenvalue weighted by Gasteiger charge is 2.16. The quantitative estimate of drug-likeness (QED) is 0.895. The highest BCUT2D eigenvalue weighted by molar-refractivity contribution is 6.36. The Morgan fingerprint density at radius 3 is 2.44 bits per heavy atom. The van der Waals surface area contributed by atoms with E-state index in [1.807, 2.05) is 0 Å².